The van der Waals surface area contributed by atoms with Crippen LogP contribution in [0.4, 0.5) is 5.69 Å². The fourth-order valence-corrected chi connectivity index (χ4v) is 2.99. The molecule has 0 aliphatic heterocycles. The average molecular weight is 407 g/mol. The van der Waals surface area contributed by atoms with Crippen LogP contribution in [-0.4, -0.2) is 27.2 Å². The van der Waals surface area contributed by atoms with Crippen molar-refractivity contribution in [3.63, 3.8) is 0 Å². The Balaban J connectivity index is 1.81. The molecule has 0 spiro atoms. The number of carbonyl (C=O) groups is 1. The molecule has 3 rings (SSSR count). The summed E-state index contributed by atoms with van der Waals surface area (Å²) in [6.45, 7) is 0.824. The van der Waals surface area contributed by atoms with Crippen molar-refractivity contribution in [1.82, 2.24) is 0 Å². The van der Waals surface area contributed by atoms with E-state index in [9.17, 15) is 4.79 Å². The first kappa shape index (κ1) is 21.2. The van der Waals surface area contributed by atoms with Crippen LogP contribution in [0.15, 0.2) is 66.7 Å². The standard InChI is InChI=1S/C24H25NO5/c1-27-15-18-10-7-11-20(12-18)25-24(26)19-13-21(28-2)23(22(14-19)29-3)30-16-17-8-5-4-6-9-17/h4-14H,15-16H2,1-3H3,(H,25,26). The van der Waals surface area contributed by atoms with Crippen LogP contribution in [0.3, 0.4) is 0 Å². The van der Waals surface area contributed by atoms with Gasteiger partial charge in [-0.3, -0.25) is 4.79 Å². The molecule has 0 bridgehead atoms. The van der Waals surface area contributed by atoms with Gasteiger partial charge in [0.2, 0.25) is 5.75 Å². The topological polar surface area (TPSA) is 66.0 Å². The maximum Gasteiger partial charge on any atom is 0.255 e. The van der Waals surface area contributed by atoms with Crippen LogP contribution in [0.2, 0.25) is 0 Å². The van der Waals surface area contributed by atoms with Crippen LogP contribution in [0.5, 0.6) is 17.2 Å². The number of hydrogen-bond donors (Lipinski definition) is 1. The zero-order valence-electron chi connectivity index (χ0n) is 17.3. The van der Waals surface area contributed by atoms with Gasteiger partial charge < -0.3 is 24.3 Å². The van der Waals surface area contributed by atoms with E-state index in [1.54, 1.807) is 19.2 Å². The smallest absolute Gasteiger partial charge is 0.255 e. The first-order valence-electron chi connectivity index (χ1n) is 9.46. The molecule has 3 aromatic rings. The van der Waals surface area contributed by atoms with Gasteiger partial charge in [-0.2, -0.15) is 0 Å². The maximum absolute atomic E-state index is 12.8. The van der Waals surface area contributed by atoms with Crippen LogP contribution in [0, 0.1) is 0 Å². The Kier molecular flexibility index (Phi) is 7.29. The van der Waals surface area contributed by atoms with Gasteiger partial charge in [-0.1, -0.05) is 42.5 Å². The van der Waals surface area contributed by atoms with Gasteiger partial charge in [-0.05, 0) is 35.4 Å². The van der Waals surface area contributed by atoms with Crippen molar-refractivity contribution in [2.45, 2.75) is 13.2 Å². The SMILES string of the molecule is COCc1cccc(NC(=O)c2cc(OC)c(OCc3ccccc3)c(OC)c2)c1. The number of hydrogen-bond acceptors (Lipinski definition) is 5. The predicted molar refractivity (Wildman–Crippen MR) is 115 cm³/mol. The molecule has 3 aromatic carbocycles. The lowest BCUT2D eigenvalue weighted by atomic mass is 10.1. The second kappa shape index (κ2) is 10.3. The fourth-order valence-electron chi connectivity index (χ4n) is 2.99. The third-order valence-corrected chi connectivity index (χ3v) is 4.44. The van der Waals surface area contributed by atoms with Crippen molar-refractivity contribution in [3.8, 4) is 17.2 Å². The highest BCUT2D eigenvalue weighted by Crippen LogP contribution is 2.39. The number of methoxy groups -OCH3 is 3. The Morgan fingerprint density at radius 3 is 2.10 bits per heavy atom. The van der Waals surface area contributed by atoms with Crippen molar-refractivity contribution in [3.05, 3.63) is 83.4 Å². The van der Waals surface area contributed by atoms with Crippen LogP contribution in [0.25, 0.3) is 0 Å². The van der Waals surface area contributed by atoms with Crippen molar-refractivity contribution >= 4 is 11.6 Å². The van der Waals surface area contributed by atoms with Gasteiger partial charge in [0.25, 0.3) is 5.91 Å². The van der Waals surface area contributed by atoms with E-state index in [4.69, 9.17) is 18.9 Å². The molecule has 156 valence electrons. The van der Waals surface area contributed by atoms with Crippen molar-refractivity contribution in [1.29, 1.82) is 0 Å². The molecule has 1 amide bonds. The van der Waals surface area contributed by atoms with Gasteiger partial charge >= 0.3 is 0 Å². The highest BCUT2D eigenvalue weighted by Gasteiger charge is 2.18. The predicted octanol–water partition coefficient (Wildman–Crippen LogP) is 4.68. The quantitative estimate of drug-likeness (QED) is 0.558. The molecule has 0 aliphatic rings. The molecule has 0 heterocycles. The third-order valence-electron chi connectivity index (χ3n) is 4.44. The molecule has 0 aromatic heterocycles. The van der Waals surface area contributed by atoms with E-state index in [-0.39, 0.29) is 5.91 Å². The molecule has 0 unspecified atom stereocenters. The molecule has 6 nitrogen and oxygen atoms in total. The second-order valence-electron chi connectivity index (χ2n) is 6.57. The van der Waals surface area contributed by atoms with Crippen molar-refractivity contribution < 1.29 is 23.7 Å². The van der Waals surface area contributed by atoms with Gasteiger partial charge in [-0.15, -0.1) is 0 Å². The number of ether oxygens (including phenoxy) is 4. The number of carbonyl (C=O) groups excluding carboxylic acids is 1. The Morgan fingerprint density at radius 2 is 1.47 bits per heavy atom. The lowest BCUT2D eigenvalue weighted by Crippen LogP contribution is -2.13. The Hall–Kier alpha value is -3.51. The summed E-state index contributed by atoms with van der Waals surface area (Å²) in [4.78, 5) is 12.8. The van der Waals surface area contributed by atoms with E-state index in [1.165, 1.54) is 14.2 Å². The third kappa shape index (κ3) is 5.30. The van der Waals surface area contributed by atoms with Gasteiger partial charge in [0.15, 0.2) is 11.5 Å². The normalized spacial score (nSPS) is 10.4. The summed E-state index contributed by atoms with van der Waals surface area (Å²) in [6.07, 6.45) is 0. The van der Waals surface area contributed by atoms with Crippen LogP contribution in [-0.2, 0) is 18.0 Å². The molecule has 0 aliphatic carbocycles. The molecule has 0 atom stereocenters. The Bertz CT molecular complexity index is 963. The summed E-state index contributed by atoms with van der Waals surface area (Å²) < 4.78 is 22.0. The van der Waals surface area contributed by atoms with E-state index >= 15 is 0 Å². The molecule has 0 radical (unpaired) electrons. The lowest BCUT2D eigenvalue weighted by Gasteiger charge is -2.16. The molecule has 0 saturated carbocycles. The number of anilines is 1. The summed E-state index contributed by atoms with van der Waals surface area (Å²) in [6, 6.07) is 20.5. The molecule has 1 N–H and O–H groups in total. The first-order chi connectivity index (χ1) is 14.6. The van der Waals surface area contributed by atoms with Gasteiger partial charge in [-0.25, -0.2) is 0 Å². The van der Waals surface area contributed by atoms with E-state index < -0.39 is 0 Å². The molecule has 0 fully saturated rings. The zero-order chi connectivity index (χ0) is 21.3. The van der Waals surface area contributed by atoms with Gasteiger partial charge in [0.05, 0.1) is 20.8 Å². The minimum atomic E-state index is -0.282. The molecule has 6 heteroatoms. The van der Waals surface area contributed by atoms with E-state index in [1.807, 2.05) is 54.6 Å². The van der Waals surface area contributed by atoms with E-state index in [0.29, 0.717) is 41.7 Å². The highest BCUT2D eigenvalue weighted by atomic mass is 16.5. The molecular weight excluding hydrogens is 382 g/mol. The number of rotatable bonds is 9. The van der Waals surface area contributed by atoms with Crippen LogP contribution in [0.1, 0.15) is 21.5 Å². The summed E-state index contributed by atoms with van der Waals surface area (Å²) in [5, 5.41) is 2.89. The monoisotopic (exact) mass is 407 g/mol. The van der Waals surface area contributed by atoms with Crippen LogP contribution >= 0.6 is 0 Å². The lowest BCUT2D eigenvalue weighted by molar-refractivity contribution is 0.102. The summed E-state index contributed by atoms with van der Waals surface area (Å²) in [5.74, 6) is 1.01. The Labute approximate surface area is 176 Å². The number of benzene rings is 3. The first-order valence-corrected chi connectivity index (χ1v) is 9.46. The van der Waals surface area contributed by atoms with E-state index in [2.05, 4.69) is 5.32 Å². The Morgan fingerprint density at radius 1 is 0.800 bits per heavy atom. The minimum Gasteiger partial charge on any atom is -0.493 e. The highest BCUT2D eigenvalue weighted by molar-refractivity contribution is 6.05. The van der Waals surface area contributed by atoms with Crippen molar-refractivity contribution in [2.75, 3.05) is 26.6 Å². The minimum absolute atomic E-state index is 0.282. The maximum atomic E-state index is 12.8. The van der Waals surface area contributed by atoms with Gasteiger partial charge in [0, 0.05) is 18.4 Å². The zero-order valence-corrected chi connectivity index (χ0v) is 17.3. The van der Waals surface area contributed by atoms with Gasteiger partial charge in [0.1, 0.15) is 6.61 Å². The van der Waals surface area contributed by atoms with E-state index in [0.717, 1.165) is 11.1 Å². The molecular formula is C24H25NO5. The fraction of sp³-hybridized carbons (Fsp3) is 0.208. The summed E-state index contributed by atoms with van der Waals surface area (Å²) >= 11 is 0. The molecule has 0 saturated heterocycles. The van der Waals surface area contributed by atoms with Crippen LogP contribution < -0.4 is 19.5 Å². The second-order valence-corrected chi connectivity index (χ2v) is 6.57. The summed E-state index contributed by atoms with van der Waals surface area (Å²) in [7, 11) is 4.69. The van der Waals surface area contributed by atoms with Crippen molar-refractivity contribution in [2.24, 2.45) is 0 Å². The summed E-state index contributed by atoms with van der Waals surface area (Å²) in [5.41, 5.74) is 3.05. The molecule has 30 heavy (non-hydrogen) atoms. The largest absolute Gasteiger partial charge is 0.493 e. The average Bonchev–Trinajstić information content (AvgIpc) is 2.78. The number of amides is 1. The number of nitrogens with one attached hydrogen (secondary N) is 1.